The molecule has 162 valence electrons. The number of hydrogen-bond acceptors (Lipinski definition) is 4. The third-order valence-electron chi connectivity index (χ3n) is 5.09. The molecule has 0 aromatic heterocycles. The second-order valence-corrected chi connectivity index (χ2v) is 8.64. The van der Waals surface area contributed by atoms with Crippen LogP contribution in [0.4, 0.5) is 10.5 Å². The van der Waals surface area contributed by atoms with Crippen LogP contribution < -0.4 is 5.32 Å². The maximum Gasteiger partial charge on any atom is 0.285 e. The van der Waals surface area contributed by atoms with Gasteiger partial charge in [-0.2, -0.15) is 0 Å². The molecular weight excluding hydrogens is 410 g/mol. The van der Waals surface area contributed by atoms with Gasteiger partial charge in [0.2, 0.25) is 11.8 Å². The summed E-state index contributed by atoms with van der Waals surface area (Å²) in [5.74, 6) is -0.175. The zero-order valence-electron chi connectivity index (χ0n) is 17.8. The second kappa shape index (κ2) is 10.8. The summed E-state index contributed by atoms with van der Waals surface area (Å²) in [6, 6.07) is 17.0. The fourth-order valence-corrected chi connectivity index (χ4v) is 3.90. The van der Waals surface area contributed by atoms with E-state index in [4.69, 9.17) is 0 Å². The smallest absolute Gasteiger partial charge is 0.285 e. The molecule has 1 aliphatic heterocycles. The molecule has 0 unspecified atom stereocenters. The molecule has 1 heterocycles. The number of piperidine rings is 1. The average Bonchev–Trinajstić information content (AvgIpc) is 2.79. The second-order valence-electron chi connectivity index (χ2n) is 7.62. The Morgan fingerprint density at radius 2 is 1.65 bits per heavy atom. The Labute approximate surface area is 187 Å². The molecule has 3 amide bonds. The van der Waals surface area contributed by atoms with Crippen LogP contribution in [-0.2, 0) is 9.59 Å². The van der Waals surface area contributed by atoms with Gasteiger partial charge in [0.1, 0.15) is 0 Å². The summed E-state index contributed by atoms with van der Waals surface area (Å²) in [5.41, 5.74) is 1.69. The Balaban J connectivity index is 1.46. The molecule has 0 spiro atoms. The molecule has 0 aliphatic carbocycles. The Bertz CT molecular complexity index is 934. The molecule has 31 heavy (non-hydrogen) atoms. The topological polar surface area (TPSA) is 69.7 Å². The summed E-state index contributed by atoms with van der Waals surface area (Å²) >= 11 is 1.14. The van der Waals surface area contributed by atoms with Crippen molar-refractivity contribution in [2.75, 3.05) is 32.5 Å². The van der Waals surface area contributed by atoms with Gasteiger partial charge in [0.15, 0.2) is 0 Å². The van der Waals surface area contributed by atoms with Gasteiger partial charge < -0.3 is 15.1 Å². The van der Waals surface area contributed by atoms with Crippen molar-refractivity contribution >= 4 is 40.6 Å². The van der Waals surface area contributed by atoms with Crippen LogP contribution in [0.25, 0.3) is 6.08 Å². The van der Waals surface area contributed by atoms with Crippen LogP contribution in [0.5, 0.6) is 0 Å². The summed E-state index contributed by atoms with van der Waals surface area (Å²) in [6.07, 6.45) is 4.69. The first-order valence-corrected chi connectivity index (χ1v) is 11.1. The summed E-state index contributed by atoms with van der Waals surface area (Å²) in [4.78, 5) is 40.9. The molecule has 2 aromatic carbocycles. The molecule has 0 saturated carbocycles. The molecule has 0 atom stereocenters. The minimum absolute atomic E-state index is 0.0249. The van der Waals surface area contributed by atoms with Gasteiger partial charge in [-0.3, -0.25) is 14.4 Å². The first kappa shape index (κ1) is 22.6. The van der Waals surface area contributed by atoms with Crippen molar-refractivity contribution in [1.82, 2.24) is 9.80 Å². The van der Waals surface area contributed by atoms with Crippen molar-refractivity contribution in [3.63, 3.8) is 0 Å². The van der Waals surface area contributed by atoms with E-state index in [9.17, 15) is 14.4 Å². The van der Waals surface area contributed by atoms with Crippen molar-refractivity contribution in [3.8, 4) is 0 Å². The molecule has 0 bridgehead atoms. The molecular formula is C24H27N3O3S. The van der Waals surface area contributed by atoms with Crippen LogP contribution in [0, 0.1) is 5.92 Å². The highest BCUT2D eigenvalue weighted by molar-refractivity contribution is 8.13. The van der Waals surface area contributed by atoms with Crippen LogP contribution in [0.1, 0.15) is 18.4 Å². The molecule has 6 nitrogen and oxygen atoms in total. The highest BCUT2D eigenvalue weighted by Crippen LogP contribution is 2.24. The van der Waals surface area contributed by atoms with Gasteiger partial charge >= 0.3 is 0 Å². The molecule has 3 rings (SSSR count). The van der Waals surface area contributed by atoms with Crippen LogP contribution in [0.2, 0.25) is 0 Å². The molecule has 1 saturated heterocycles. The van der Waals surface area contributed by atoms with Gasteiger partial charge in [-0.15, -0.1) is 0 Å². The number of carbonyl (C=O) groups is 3. The van der Waals surface area contributed by atoms with E-state index in [0.717, 1.165) is 22.2 Å². The predicted octanol–water partition coefficient (Wildman–Crippen LogP) is 4.35. The number of carbonyl (C=O) groups excluding carboxylic acids is 3. The van der Waals surface area contributed by atoms with Crippen molar-refractivity contribution in [1.29, 1.82) is 0 Å². The fourth-order valence-electron chi connectivity index (χ4n) is 3.24. The largest absolute Gasteiger partial charge is 0.339 e. The zero-order valence-corrected chi connectivity index (χ0v) is 18.6. The van der Waals surface area contributed by atoms with Gasteiger partial charge in [-0.25, -0.2) is 0 Å². The summed E-state index contributed by atoms with van der Waals surface area (Å²) in [7, 11) is 3.42. The third kappa shape index (κ3) is 6.72. The summed E-state index contributed by atoms with van der Waals surface area (Å²) in [6.45, 7) is 1.14. The van der Waals surface area contributed by atoms with Gasteiger partial charge in [-0.05, 0) is 60.5 Å². The van der Waals surface area contributed by atoms with Crippen LogP contribution >= 0.6 is 11.8 Å². The molecule has 7 heteroatoms. The van der Waals surface area contributed by atoms with Crippen LogP contribution in [-0.4, -0.2) is 54.0 Å². The van der Waals surface area contributed by atoms with Gasteiger partial charge in [0.05, 0.1) is 0 Å². The normalized spacial score (nSPS) is 14.5. The maximum atomic E-state index is 12.6. The lowest BCUT2D eigenvalue weighted by Crippen LogP contribution is -2.40. The number of nitrogens with one attached hydrogen (secondary N) is 1. The molecule has 1 N–H and O–H groups in total. The lowest BCUT2D eigenvalue weighted by atomic mass is 9.95. The number of benzene rings is 2. The molecule has 0 radical (unpaired) electrons. The number of amides is 3. The first-order chi connectivity index (χ1) is 14.9. The molecule has 1 fully saturated rings. The van der Waals surface area contributed by atoms with Crippen molar-refractivity contribution in [2.45, 2.75) is 17.7 Å². The minimum Gasteiger partial charge on any atom is -0.339 e. The predicted molar refractivity (Wildman–Crippen MR) is 125 cm³/mol. The van der Waals surface area contributed by atoms with E-state index < -0.39 is 0 Å². The molecule has 1 aliphatic rings. The van der Waals surface area contributed by atoms with E-state index in [1.54, 1.807) is 37.2 Å². The SMILES string of the molecule is CN(C)C(=O)Sc1ccc(NC(=O)C2CCN(C(=O)/C=C/c3ccccc3)CC2)cc1. The summed E-state index contributed by atoms with van der Waals surface area (Å²) < 4.78 is 0. The van der Waals surface area contributed by atoms with E-state index in [-0.39, 0.29) is 23.0 Å². The van der Waals surface area contributed by atoms with Gasteiger partial charge in [-0.1, -0.05) is 30.3 Å². The van der Waals surface area contributed by atoms with Crippen LogP contribution in [0.3, 0.4) is 0 Å². The lowest BCUT2D eigenvalue weighted by Gasteiger charge is -2.30. The van der Waals surface area contributed by atoms with Crippen LogP contribution in [0.15, 0.2) is 65.6 Å². The number of thioether (sulfide) groups is 1. The van der Waals surface area contributed by atoms with E-state index in [2.05, 4.69) is 5.32 Å². The first-order valence-electron chi connectivity index (χ1n) is 10.2. The van der Waals surface area contributed by atoms with Crippen molar-refractivity contribution < 1.29 is 14.4 Å². The van der Waals surface area contributed by atoms with Crippen molar-refractivity contribution in [2.24, 2.45) is 5.92 Å². The van der Waals surface area contributed by atoms with E-state index in [1.165, 1.54) is 4.90 Å². The number of anilines is 1. The van der Waals surface area contributed by atoms with Crippen molar-refractivity contribution in [3.05, 3.63) is 66.2 Å². The Kier molecular flexibility index (Phi) is 7.89. The number of nitrogens with zero attached hydrogens (tertiary/aromatic N) is 2. The van der Waals surface area contributed by atoms with Gasteiger partial charge in [0.25, 0.3) is 5.24 Å². The van der Waals surface area contributed by atoms with E-state index >= 15 is 0 Å². The lowest BCUT2D eigenvalue weighted by molar-refractivity contribution is -0.130. The van der Waals surface area contributed by atoms with E-state index in [0.29, 0.717) is 31.6 Å². The number of hydrogen-bond donors (Lipinski definition) is 1. The monoisotopic (exact) mass is 437 g/mol. The Morgan fingerprint density at radius 1 is 1.00 bits per heavy atom. The Morgan fingerprint density at radius 3 is 2.26 bits per heavy atom. The fraction of sp³-hybridized carbons (Fsp3) is 0.292. The molecule has 2 aromatic rings. The number of likely N-dealkylation sites (tertiary alicyclic amines) is 1. The average molecular weight is 438 g/mol. The highest BCUT2D eigenvalue weighted by Gasteiger charge is 2.26. The minimum atomic E-state index is -0.119. The van der Waals surface area contributed by atoms with Gasteiger partial charge in [0, 0.05) is 49.8 Å². The zero-order chi connectivity index (χ0) is 22.2. The standard InChI is InChI=1S/C24H27N3O3S/c1-26(2)24(30)31-21-11-9-20(10-12-21)25-23(29)19-14-16-27(17-15-19)22(28)13-8-18-6-4-3-5-7-18/h3-13,19H,14-17H2,1-2H3,(H,25,29)/b13-8+. The highest BCUT2D eigenvalue weighted by atomic mass is 32.2. The summed E-state index contributed by atoms with van der Waals surface area (Å²) in [5, 5.41) is 2.90. The quantitative estimate of drug-likeness (QED) is 0.558. The third-order valence-corrected chi connectivity index (χ3v) is 6.14. The number of rotatable bonds is 5. The van der Waals surface area contributed by atoms with E-state index in [1.807, 2.05) is 48.5 Å². The Hall–Kier alpha value is -3.06. The maximum absolute atomic E-state index is 12.6.